The second kappa shape index (κ2) is 5.45. The van der Waals surface area contributed by atoms with Gasteiger partial charge >= 0.3 is 0 Å². The molecule has 3 heteroatoms. The molecule has 1 aromatic rings. The van der Waals surface area contributed by atoms with Crippen LogP contribution >= 0.6 is 0 Å². The minimum absolute atomic E-state index is 0.124. The fraction of sp³-hybridized carbons (Fsp3) is 0.200. The molecule has 0 aromatic heterocycles. The van der Waals surface area contributed by atoms with E-state index in [9.17, 15) is 4.79 Å². The summed E-state index contributed by atoms with van der Waals surface area (Å²) >= 11 is 0. The maximum Gasteiger partial charge on any atom is 0.278 e. The van der Waals surface area contributed by atoms with Gasteiger partial charge in [0.2, 0.25) is 0 Å². The largest absolute Gasteiger partial charge is 0.278 e. The average Bonchev–Trinajstić information content (AvgIpc) is 2.64. The molecule has 0 atom stereocenters. The fourth-order valence-electron chi connectivity index (χ4n) is 1.66. The lowest BCUT2D eigenvalue weighted by atomic mass is 10.0. The van der Waals surface area contributed by atoms with Crippen LogP contribution in [0.25, 0.3) is 0 Å². The summed E-state index contributed by atoms with van der Waals surface area (Å²) in [5.41, 5.74) is 1.79. The highest BCUT2D eigenvalue weighted by Gasteiger charge is 2.13. The lowest BCUT2D eigenvalue weighted by molar-refractivity contribution is 0.0827. The number of carbonyl (C=O) groups excluding carboxylic acids is 1. The molecule has 0 aliphatic carbocycles. The topological polar surface area (TPSA) is 32.7 Å². The van der Waals surface area contributed by atoms with Crippen molar-refractivity contribution in [3.05, 3.63) is 59.8 Å². The third kappa shape index (κ3) is 2.74. The number of amides is 1. The fourth-order valence-corrected chi connectivity index (χ4v) is 1.66. The van der Waals surface area contributed by atoms with Crippen LogP contribution < -0.4 is 0 Å². The van der Waals surface area contributed by atoms with Crippen LogP contribution in [-0.4, -0.2) is 17.1 Å². The summed E-state index contributed by atoms with van der Waals surface area (Å²) in [6.45, 7) is 4.22. The summed E-state index contributed by atoms with van der Waals surface area (Å²) in [4.78, 5) is 12.2. The number of hydrogen-bond donors (Lipinski definition) is 0. The number of hydrogen-bond acceptors (Lipinski definition) is 2. The van der Waals surface area contributed by atoms with Crippen LogP contribution in [0.3, 0.4) is 0 Å². The van der Waals surface area contributed by atoms with Crippen LogP contribution in [0, 0.1) is 5.92 Å². The van der Waals surface area contributed by atoms with Crippen molar-refractivity contribution in [3.63, 3.8) is 0 Å². The van der Waals surface area contributed by atoms with Crippen molar-refractivity contribution in [2.45, 2.75) is 13.8 Å². The van der Waals surface area contributed by atoms with E-state index in [4.69, 9.17) is 0 Å². The Morgan fingerprint density at radius 3 is 2.61 bits per heavy atom. The van der Waals surface area contributed by atoms with Gasteiger partial charge in [-0.1, -0.05) is 32.0 Å². The van der Waals surface area contributed by atoms with Crippen molar-refractivity contribution in [1.29, 1.82) is 0 Å². The molecule has 1 aliphatic rings. The molecule has 0 saturated heterocycles. The molecular formula is C15H16N2O. The average molecular weight is 240 g/mol. The number of rotatable bonds is 2. The molecule has 1 aliphatic heterocycles. The van der Waals surface area contributed by atoms with Gasteiger partial charge in [-0.2, -0.15) is 5.10 Å². The van der Waals surface area contributed by atoms with Crippen LogP contribution in [0.2, 0.25) is 0 Å². The van der Waals surface area contributed by atoms with E-state index < -0.39 is 0 Å². The van der Waals surface area contributed by atoms with E-state index in [1.807, 2.05) is 30.4 Å². The minimum atomic E-state index is -0.124. The lowest BCUT2D eigenvalue weighted by Crippen LogP contribution is -2.19. The van der Waals surface area contributed by atoms with Gasteiger partial charge in [-0.25, -0.2) is 5.01 Å². The third-order valence-electron chi connectivity index (χ3n) is 2.76. The molecule has 0 radical (unpaired) electrons. The van der Waals surface area contributed by atoms with E-state index in [0.717, 1.165) is 5.57 Å². The van der Waals surface area contributed by atoms with Crippen LogP contribution in [0.1, 0.15) is 24.2 Å². The second-order valence-electron chi connectivity index (χ2n) is 4.42. The summed E-state index contributed by atoms with van der Waals surface area (Å²) in [6.07, 6.45) is 7.23. The number of carbonyl (C=O) groups is 1. The molecule has 0 bridgehead atoms. The SMILES string of the molecule is CC(C)C1=CC=NN(C(=O)c2ccccc2)C=C1. The van der Waals surface area contributed by atoms with Crippen molar-refractivity contribution in [2.24, 2.45) is 11.0 Å². The molecule has 18 heavy (non-hydrogen) atoms. The van der Waals surface area contributed by atoms with Gasteiger partial charge in [0, 0.05) is 18.0 Å². The highest BCUT2D eigenvalue weighted by molar-refractivity contribution is 5.95. The van der Waals surface area contributed by atoms with E-state index in [2.05, 4.69) is 18.9 Å². The van der Waals surface area contributed by atoms with Gasteiger partial charge in [-0.05, 0) is 35.8 Å². The van der Waals surface area contributed by atoms with E-state index in [1.165, 1.54) is 5.01 Å². The third-order valence-corrected chi connectivity index (χ3v) is 2.76. The van der Waals surface area contributed by atoms with Gasteiger partial charge in [0.25, 0.3) is 5.91 Å². The Balaban J connectivity index is 2.18. The zero-order valence-electron chi connectivity index (χ0n) is 10.6. The normalized spacial score (nSPS) is 14.6. The Morgan fingerprint density at radius 2 is 1.94 bits per heavy atom. The van der Waals surface area contributed by atoms with E-state index in [-0.39, 0.29) is 5.91 Å². The second-order valence-corrected chi connectivity index (χ2v) is 4.42. The maximum absolute atomic E-state index is 12.2. The lowest BCUT2D eigenvalue weighted by Gasteiger charge is -2.11. The highest BCUT2D eigenvalue weighted by Crippen LogP contribution is 2.14. The number of benzene rings is 1. The van der Waals surface area contributed by atoms with Crippen molar-refractivity contribution >= 4 is 12.1 Å². The van der Waals surface area contributed by atoms with Crippen LogP contribution in [-0.2, 0) is 0 Å². The van der Waals surface area contributed by atoms with E-state index >= 15 is 0 Å². The summed E-state index contributed by atoms with van der Waals surface area (Å²) in [6, 6.07) is 9.14. The van der Waals surface area contributed by atoms with Gasteiger partial charge in [-0.3, -0.25) is 4.79 Å². The van der Waals surface area contributed by atoms with Crippen LogP contribution in [0.15, 0.2) is 59.4 Å². The molecule has 3 nitrogen and oxygen atoms in total. The Morgan fingerprint density at radius 1 is 1.22 bits per heavy atom. The summed E-state index contributed by atoms with van der Waals surface area (Å²) in [5, 5.41) is 5.49. The van der Waals surface area contributed by atoms with E-state index in [1.54, 1.807) is 24.5 Å². The molecular weight excluding hydrogens is 224 g/mol. The molecule has 1 amide bonds. The van der Waals surface area contributed by atoms with Crippen molar-refractivity contribution in [1.82, 2.24) is 5.01 Å². The highest BCUT2D eigenvalue weighted by atomic mass is 16.2. The summed E-state index contributed by atoms with van der Waals surface area (Å²) in [7, 11) is 0. The summed E-state index contributed by atoms with van der Waals surface area (Å²) < 4.78 is 0. The quantitative estimate of drug-likeness (QED) is 0.781. The van der Waals surface area contributed by atoms with Crippen LogP contribution in [0.5, 0.6) is 0 Å². The standard InChI is InChI=1S/C15H16N2O/c1-12(2)13-8-10-16-17(11-9-13)15(18)14-6-4-3-5-7-14/h3-12H,1-2H3. The number of hydrazone groups is 1. The Kier molecular flexibility index (Phi) is 3.72. The predicted octanol–water partition coefficient (Wildman–Crippen LogP) is 3.22. The van der Waals surface area contributed by atoms with Gasteiger partial charge in [0.05, 0.1) is 0 Å². The van der Waals surface area contributed by atoms with Gasteiger partial charge < -0.3 is 0 Å². The molecule has 0 unspecified atom stereocenters. The molecule has 0 saturated carbocycles. The van der Waals surface area contributed by atoms with E-state index in [0.29, 0.717) is 11.5 Å². The van der Waals surface area contributed by atoms with Gasteiger partial charge in [0.15, 0.2) is 0 Å². The summed E-state index contributed by atoms with van der Waals surface area (Å²) in [5.74, 6) is 0.293. The van der Waals surface area contributed by atoms with Crippen molar-refractivity contribution in [2.75, 3.05) is 0 Å². The Hall–Kier alpha value is -2.16. The first-order valence-electron chi connectivity index (χ1n) is 5.99. The first-order valence-corrected chi connectivity index (χ1v) is 5.99. The Labute approximate surface area is 107 Å². The molecule has 92 valence electrons. The smallest absolute Gasteiger partial charge is 0.267 e. The molecule has 1 aromatic carbocycles. The first-order chi connectivity index (χ1) is 8.68. The Bertz CT molecular complexity index is 513. The van der Waals surface area contributed by atoms with Crippen LogP contribution in [0.4, 0.5) is 0 Å². The predicted molar refractivity (Wildman–Crippen MR) is 73.2 cm³/mol. The zero-order valence-corrected chi connectivity index (χ0v) is 10.6. The molecule has 0 fully saturated rings. The zero-order chi connectivity index (χ0) is 13.0. The molecule has 0 N–H and O–H groups in total. The van der Waals surface area contributed by atoms with Gasteiger partial charge in [-0.15, -0.1) is 0 Å². The van der Waals surface area contributed by atoms with Crippen molar-refractivity contribution < 1.29 is 4.79 Å². The van der Waals surface area contributed by atoms with Crippen molar-refractivity contribution in [3.8, 4) is 0 Å². The molecule has 1 heterocycles. The monoisotopic (exact) mass is 240 g/mol. The maximum atomic E-state index is 12.2. The van der Waals surface area contributed by atoms with Gasteiger partial charge in [0.1, 0.15) is 0 Å². The molecule has 0 spiro atoms. The minimum Gasteiger partial charge on any atom is -0.267 e. The number of allylic oxidation sites excluding steroid dienone is 3. The number of nitrogens with zero attached hydrogens (tertiary/aromatic N) is 2. The molecule has 2 rings (SSSR count). The first kappa shape index (κ1) is 12.3.